The molecule has 3 aromatic rings. The average Bonchev–Trinajstić information content (AvgIpc) is 3.23. The monoisotopic (exact) mass is 552 g/mol. The smallest absolute Gasteiger partial charge is 0.338 e. The summed E-state index contributed by atoms with van der Waals surface area (Å²) in [5, 5.41) is 9.54. The second-order valence-electron chi connectivity index (χ2n) is 9.32. The molecule has 1 aromatic heterocycles. The highest BCUT2D eigenvalue weighted by molar-refractivity contribution is 5.90. The number of benzene rings is 2. The van der Waals surface area contributed by atoms with E-state index in [0.29, 0.717) is 0 Å². The number of aromatic nitrogens is 2. The molecule has 0 radical (unpaired) electrons. The zero-order valence-corrected chi connectivity index (χ0v) is 22.0. The van der Waals surface area contributed by atoms with E-state index in [1.165, 1.54) is 0 Å². The first-order valence-corrected chi connectivity index (χ1v) is 12.4. The molecule has 0 bridgehead atoms. The number of aliphatic hydroxyl groups is 1. The van der Waals surface area contributed by atoms with Crippen LogP contribution >= 0.6 is 0 Å². The van der Waals surface area contributed by atoms with Crippen molar-refractivity contribution in [1.29, 1.82) is 0 Å². The van der Waals surface area contributed by atoms with Gasteiger partial charge in [0.2, 0.25) is 0 Å². The van der Waals surface area contributed by atoms with Gasteiger partial charge in [-0.1, -0.05) is 35.4 Å². The fraction of sp³-hybridized carbons (Fsp3) is 0.321. The number of rotatable bonds is 8. The Labute approximate surface area is 228 Å². The van der Waals surface area contributed by atoms with Gasteiger partial charge in [-0.05, 0) is 38.1 Å². The first-order valence-electron chi connectivity index (χ1n) is 12.4. The van der Waals surface area contributed by atoms with Gasteiger partial charge in [-0.2, -0.15) is 0 Å². The number of H-pyrrole nitrogens is 1. The number of aliphatic hydroxyl groups excluding tert-OH is 1. The van der Waals surface area contributed by atoms with Crippen LogP contribution in [0.3, 0.4) is 0 Å². The van der Waals surface area contributed by atoms with Crippen LogP contribution in [0.5, 0.6) is 0 Å². The summed E-state index contributed by atoms with van der Waals surface area (Å²) in [7, 11) is 0. The van der Waals surface area contributed by atoms with Gasteiger partial charge in [0.15, 0.2) is 18.4 Å². The molecule has 210 valence electrons. The number of carbonyl (C=O) groups is 3. The predicted octanol–water partition coefficient (Wildman–Crippen LogP) is 1.56. The summed E-state index contributed by atoms with van der Waals surface area (Å²) >= 11 is 0. The predicted molar refractivity (Wildman–Crippen MR) is 139 cm³/mol. The number of carbonyl (C=O) groups excluding carboxylic acids is 3. The van der Waals surface area contributed by atoms with Gasteiger partial charge in [0.25, 0.3) is 5.56 Å². The van der Waals surface area contributed by atoms with Crippen LogP contribution in [0.15, 0.2) is 64.3 Å². The van der Waals surface area contributed by atoms with Crippen LogP contribution < -0.4 is 11.2 Å². The van der Waals surface area contributed by atoms with E-state index in [0.717, 1.165) is 28.8 Å². The second-order valence-corrected chi connectivity index (χ2v) is 9.32. The maximum Gasteiger partial charge on any atom is 0.338 e. The fourth-order valence-corrected chi connectivity index (χ4v) is 4.17. The molecule has 0 saturated carbocycles. The highest BCUT2D eigenvalue weighted by Gasteiger charge is 2.51. The molecule has 0 aliphatic carbocycles. The average molecular weight is 553 g/mol. The van der Waals surface area contributed by atoms with Gasteiger partial charge in [-0.3, -0.25) is 19.1 Å². The van der Waals surface area contributed by atoms with Crippen molar-refractivity contribution < 1.29 is 38.4 Å². The zero-order chi connectivity index (χ0) is 29.0. The summed E-state index contributed by atoms with van der Waals surface area (Å²) in [5.41, 5.74) is 0.439. The molecular weight excluding hydrogens is 524 g/mol. The van der Waals surface area contributed by atoms with E-state index in [2.05, 4.69) is 4.98 Å². The molecule has 0 spiro atoms. The largest absolute Gasteiger partial charge is 0.459 e. The van der Waals surface area contributed by atoms with E-state index < -0.39 is 66.9 Å². The third-order valence-electron chi connectivity index (χ3n) is 6.27. The van der Waals surface area contributed by atoms with Crippen molar-refractivity contribution in [3.8, 4) is 0 Å². The standard InChI is InChI=1S/C28H28N2O10/c1-15-4-8-18(9-5-15)26(34)37-14-21-22(40-27(35)19-10-6-16(2)7-11-19)23(38-17(3)32)25(39-21)30-12-20(13-31)24(33)29-28(30)36/h4-12,21-23,25,31H,13-14H2,1-3H3,(H,29,33,36). The maximum absolute atomic E-state index is 13.1. The number of aromatic amines is 1. The highest BCUT2D eigenvalue weighted by atomic mass is 16.7. The maximum atomic E-state index is 13.1. The summed E-state index contributed by atoms with van der Waals surface area (Å²) in [6.45, 7) is 3.71. The van der Waals surface area contributed by atoms with Gasteiger partial charge < -0.3 is 24.1 Å². The van der Waals surface area contributed by atoms with Gasteiger partial charge in [0, 0.05) is 13.1 Å². The number of hydrogen-bond donors (Lipinski definition) is 2. The third kappa shape index (κ3) is 6.35. The normalized spacial score (nSPS) is 20.1. The fourth-order valence-electron chi connectivity index (χ4n) is 4.17. The van der Waals surface area contributed by atoms with Gasteiger partial charge in [0.1, 0.15) is 12.7 Å². The Hall–Kier alpha value is -4.55. The van der Waals surface area contributed by atoms with E-state index in [-0.39, 0.29) is 16.7 Å². The van der Waals surface area contributed by atoms with Crippen molar-refractivity contribution in [2.75, 3.05) is 6.61 Å². The Bertz CT molecular complexity index is 1510. The van der Waals surface area contributed by atoms with Crippen molar-refractivity contribution in [1.82, 2.24) is 9.55 Å². The van der Waals surface area contributed by atoms with Crippen molar-refractivity contribution >= 4 is 17.9 Å². The van der Waals surface area contributed by atoms with Crippen LogP contribution in [0.1, 0.15) is 50.6 Å². The van der Waals surface area contributed by atoms with Crippen LogP contribution in [0, 0.1) is 13.8 Å². The molecule has 1 aliphatic rings. The minimum absolute atomic E-state index is 0.160. The molecule has 40 heavy (non-hydrogen) atoms. The zero-order valence-electron chi connectivity index (χ0n) is 22.0. The van der Waals surface area contributed by atoms with E-state index in [1.807, 2.05) is 13.8 Å². The van der Waals surface area contributed by atoms with Crippen LogP contribution in [-0.4, -0.2) is 57.5 Å². The van der Waals surface area contributed by atoms with Gasteiger partial charge in [0.05, 0.1) is 23.3 Å². The molecule has 12 nitrogen and oxygen atoms in total. The Morgan fingerprint density at radius 2 is 1.48 bits per heavy atom. The molecule has 2 aromatic carbocycles. The number of esters is 3. The molecule has 1 fully saturated rings. The van der Waals surface area contributed by atoms with Gasteiger partial charge in [-0.15, -0.1) is 0 Å². The van der Waals surface area contributed by atoms with Crippen molar-refractivity contribution in [3.63, 3.8) is 0 Å². The molecule has 2 heterocycles. The Kier molecular flexibility index (Phi) is 8.61. The molecule has 1 saturated heterocycles. The third-order valence-corrected chi connectivity index (χ3v) is 6.27. The molecule has 12 heteroatoms. The lowest BCUT2D eigenvalue weighted by atomic mass is 10.1. The van der Waals surface area contributed by atoms with Crippen LogP contribution in [-0.2, 0) is 30.3 Å². The SMILES string of the molecule is CC(=O)OC1C(OC(=O)c2ccc(C)cc2)C(COC(=O)c2ccc(C)cc2)OC1n1cc(CO)c(=O)[nH]c1=O. The number of aryl methyl sites for hydroxylation is 2. The number of nitrogens with zero attached hydrogens (tertiary/aromatic N) is 1. The van der Waals surface area contributed by atoms with Crippen LogP contribution in [0.25, 0.3) is 0 Å². The van der Waals surface area contributed by atoms with E-state index >= 15 is 0 Å². The Balaban J connectivity index is 1.68. The summed E-state index contributed by atoms with van der Waals surface area (Å²) in [6.07, 6.45) is -4.25. The Morgan fingerprint density at radius 3 is 2.02 bits per heavy atom. The van der Waals surface area contributed by atoms with Crippen LogP contribution in [0.2, 0.25) is 0 Å². The minimum Gasteiger partial charge on any atom is -0.459 e. The van der Waals surface area contributed by atoms with E-state index in [1.54, 1.807) is 48.5 Å². The summed E-state index contributed by atoms with van der Waals surface area (Å²) in [4.78, 5) is 64.6. The van der Waals surface area contributed by atoms with E-state index in [9.17, 15) is 29.1 Å². The molecule has 1 aliphatic heterocycles. The molecule has 4 unspecified atom stereocenters. The van der Waals surface area contributed by atoms with Crippen molar-refractivity contribution in [3.05, 3.63) is 103 Å². The lowest BCUT2D eigenvalue weighted by Gasteiger charge is -2.24. The highest BCUT2D eigenvalue weighted by Crippen LogP contribution is 2.34. The number of nitrogens with one attached hydrogen (secondary N) is 1. The number of ether oxygens (including phenoxy) is 4. The number of hydrogen-bond acceptors (Lipinski definition) is 10. The lowest BCUT2D eigenvalue weighted by molar-refractivity contribution is -0.156. The molecule has 4 atom stereocenters. The quantitative estimate of drug-likeness (QED) is 0.310. The van der Waals surface area contributed by atoms with Gasteiger partial charge >= 0.3 is 23.6 Å². The minimum atomic E-state index is -1.41. The molecular formula is C28H28N2O10. The molecule has 4 rings (SSSR count). The van der Waals surface area contributed by atoms with Crippen molar-refractivity contribution in [2.45, 2.75) is 51.9 Å². The molecule has 0 amide bonds. The van der Waals surface area contributed by atoms with Crippen molar-refractivity contribution in [2.24, 2.45) is 0 Å². The summed E-state index contributed by atoms with van der Waals surface area (Å²) < 4.78 is 23.5. The van der Waals surface area contributed by atoms with Gasteiger partial charge in [-0.25, -0.2) is 14.4 Å². The van der Waals surface area contributed by atoms with Crippen LogP contribution in [0.4, 0.5) is 0 Å². The van der Waals surface area contributed by atoms with E-state index in [4.69, 9.17) is 18.9 Å². The lowest BCUT2D eigenvalue weighted by Crippen LogP contribution is -2.43. The Morgan fingerprint density at radius 1 is 0.900 bits per heavy atom. The summed E-state index contributed by atoms with van der Waals surface area (Å²) in [6, 6.07) is 13.2. The summed E-state index contributed by atoms with van der Waals surface area (Å²) in [5.74, 6) is -2.22. The molecule has 2 N–H and O–H groups in total. The second kappa shape index (κ2) is 12.1. The first kappa shape index (κ1) is 28.5. The topological polar surface area (TPSA) is 163 Å². The first-order chi connectivity index (χ1) is 19.1.